The summed E-state index contributed by atoms with van der Waals surface area (Å²) in [5.41, 5.74) is 0.531. The minimum absolute atomic E-state index is 0.0809. The Hall–Kier alpha value is -1.62. The Balaban J connectivity index is 2.44. The van der Waals surface area contributed by atoms with Crippen LogP contribution in [0, 0.1) is 0 Å². The van der Waals surface area contributed by atoms with Crippen molar-refractivity contribution in [3.05, 3.63) is 44.7 Å². The van der Waals surface area contributed by atoms with E-state index in [-0.39, 0.29) is 17.2 Å². The molecular weight excluding hydrogens is 298 g/mol. The number of carboxylic acids is 1. The van der Waals surface area contributed by atoms with Crippen molar-refractivity contribution in [3.63, 3.8) is 0 Å². The number of carbonyl (C=O) groups is 1. The summed E-state index contributed by atoms with van der Waals surface area (Å²) in [6.07, 6.45) is 1.93. The summed E-state index contributed by atoms with van der Waals surface area (Å²) in [7, 11) is 0. The molecular formula is C13H10BrNO3. The molecule has 1 aromatic carbocycles. The number of fused-ring (bicyclic) bond motifs is 1. The Morgan fingerprint density at radius 3 is 2.67 bits per heavy atom. The molecule has 5 heteroatoms. The predicted octanol–water partition coefficient (Wildman–Crippen LogP) is 2.80. The highest BCUT2D eigenvalue weighted by atomic mass is 79.9. The lowest BCUT2D eigenvalue weighted by atomic mass is 10.1. The maximum Gasteiger partial charge on any atom is 0.352 e. The van der Waals surface area contributed by atoms with Crippen molar-refractivity contribution in [2.75, 3.05) is 0 Å². The van der Waals surface area contributed by atoms with Gasteiger partial charge in [-0.3, -0.25) is 4.79 Å². The van der Waals surface area contributed by atoms with Crippen molar-refractivity contribution in [3.8, 4) is 0 Å². The van der Waals surface area contributed by atoms with Gasteiger partial charge in [0.25, 0.3) is 0 Å². The van der Waals surface area contributed by atoms with Crippen LogP contribution in [0.1, 0.15) is 29.4 Å². The molecule has 1 aliphatic rings. The number of rotatable bonds is 2. The molecule has 1 aromatic heterocycles. The first-order valence-corrected chi connectivity index (χ1v) is 6.45. The fourth-order valence-corrected chi connectivity index (χ4v) is 2.57. The van der Waals surface area contributed by atoms with Crippen LogP contribution < -0.4 is 5.43 Å². The van der Waals surface area contributed by atoms with E-state index in [1.165, 1.54) is 6.07 Å². The molecule has 1 fully saturated rings. The van der Waals surface area contributed by atoms with Gasteiger partial charge in [-0.1, -0.05) is 15.9 Å². The third kappa shape index (κ3) is 1.75. The topological polar surface area (TPSA) is 59.3 Å². The SMILES string of the molecule is O=C(O)c1cc(=O)c2cc(Br)ccc2n1C1CC1. The van der Waals surface area contributed by atoms with Crippen LogP contribution in [-0.4, -0.2) is 15.6 Å². The fraction of sp³-hybridized carbons (Fsp3) is 0.231. The lowest BCUT2D eigenvalue weighted by Crippen LogP contribution is -2.17. The van der Waals surface area contributed by atoms with Crippen molar-refractivity contribution in [2.24, 2.45) is 0 Å². The minimum Gasteiger partial charge on any atom is -0.477 e. The number of benzene rings is 1. The summed E-state index contributed by atoms with van der Waals surface area (Å²) in [5, 5.41) is 9.77. The van der Waals surface area contributed by atoms with E-state index >= 15 is 0 Å². The van der Waals surface area contributed by atoms with Crippen LogP contribution in [0.2, 0.25) is 0 Å². The van der Waals surface area contributed by atoms with E-state index in [9.17, 15) is 14.7 Å². The monoisotopic (exact) mass is 307 g/mol. The zero-order valence-electron chi connectivity index (χ0n) is 9.39. The lowest BCUT2D eigenvalue weighted by Gasteiger charge is -2.13. The third-order valence-corrected chi connectivity index (χ3v) is 3.64. The van der Waals surface area contributed by atoms with E-state index in [2.05, 4.69) is 15.9 Å². The molecule has 0 atom stereocenters. The predicted molar refractivity (Wildman–Crippen MR) is 71.1 cm³/mol. The van der Waals surface area contributed by atoms with E-state index in [1.807, 2.05) is 6.07 Å². The van der Waals surface area contributed by atoms with Crippen molar-refractivity contribution >= 4 is 32.8 Å². The van der Waals surface area contributed by atoms with Gasteiger partial charge in [-0.05, 0) is 31.0 Å². The van der Waals surface area contributed by atoms with Crippen LogP contribution in [-0.2, 0) is 0 Å². The van der Waals surface area contributed by atoms with E-state index in [1.54, 1.807) is 16.7 Å². The number of aromatic nitrogens is 1. The minimum atomic E-state index is -1.05. The normalized spacial score (nSPS) is 14.9. The second kappa shape index (κ2) is 3.95. The molecule has 0 radical (unpaired) electrons. The highest BCUT2D eigenvalue weighted by molar-refractivity contribution is 9.10. The first-order chi connectivity index (χ1) is 8.58. The summed E-state index contributed by atoms with van der Waals surface area (Å²) in [5.74, 6) is -1.05. The Kier molecular flexibility index (Phi) is 2.52. The molecule has 0 unspecified atom stereocenters. The van der Waals surface area contributed by atoms with Crippen molar-refractivity contribution in [2.45, 2.75) is 18.9 Å². The van der Waals surface area contributed by atoms with Crippen molar-refractivity contribution < 1.29 is 9.90 Å². The molecule has 1 heterocycles. The Morgan fingerprint density at radius 2 is 2.06 bits per heavy atom. The average molecular weight is 308 g/mol. The summed E-state index contributed by atoms with van der Waals surface area (Å²) >= 11 is 3.33. The number of aromatic carboxylic acids is 1. The lowest BCUT2D eigenvalue weighted by molar-refractivity contribution is 0.0684. The quantitative estimate of drug-likeness (QED) is 0.928. The summed E-state index contributed by atoms with van der Waals surface area (Å²) in [4.78, 5) is 23.2. The zero-order valence-corrected chi connectivity index (χ0v) is 11.0. The first-order valence-electron chi connectivity index (χ1n) is 5.66. The third-order valence-electron chi connectivity index (χ3n) is 3.14. The highest BCUT2D eigenvalue weighted by Crippen LogP contribution is 2.38. The highest BCUT2D eigenvalue weighted by Gasteiger charge is 2.28. The second-order valence-corrected chi connectivity index (χ2v) is 5.38. The van der Waals surface area contributed by atoms with Crippen LogP contribution in [0.25, 0.3) is 10.9 Å². The molecule has 0 amide bonds. The molecule has 0 spiro atoms. The standard InChI is InChI=1S/C13H10BrNO3/c14-7-1-4-10-9(5-7)12(16)6-11(13(17)18)15(10)8-2-3-8/h1,4-6,8H,2-3H2,(H,17,18). The Morgan fingerprint density at radius 1 is 1.33 bits per heavy atom. The molecule has 0 bridgehead atoms. The zero-order chi connectivity index (χ0) is 12.9. The maximum absolute atomic E-state index is 12.0. The molecule has 18 heavy (non-hydrogen) atoms. The van der Waals surface area contributed by atoms with Crippen LogP contribution in [0.5, 0.6) is 0 Å². The van der Waals surface area contributed by atoms with Gasteiger partial charge in [0.05, 0.1) is 5.52 Å². The summed E-state index contributed by atoms with van der Waals surface area (Å²) < 4.78 is 2.59. The van der Waals surface area contributed by atoms with Crippen LogP contribution >= 0.6 is 15.9 Å². The van der Waals surface area contributed by atoms with E-state index in [4.69, 9.17) is 0 Å². The van der Waals surface area contributed by atoms with E-state index in [0.29, 0.717) is 10.9 Å². The number of pyridine rings is 1. The molecule has 0 aliphatic heterocycles. The fourth-order valence-electron chi connectivity index (χ4n) is 2.21. The second-order valence-electron chi connectivity index (χ2n) is 4.46. The van der Waals surface area contributed by atoms with Gasteiger partial charge in [-0.2, -0.15) is 0 Å². The largest absolute Gasteiger partial charge is 0.477 e. The summed E-state index contributed by atoms with van der Waals surface area (Å²) in [6, 6.07) is 6.79. The van der Waals surface area contributed by atoms with Crippen LogP contribution in [0.3, 0.4) is 0 Å². The van der Waals surface area contributed by atoms with Gasteiger partial charge in [-0.15, -0.1) is 0 Å². The smallest absolute Gasteiger partial charge is 0.352 e. The van der Waals surface area contributed by atoms with Gasteiger partial charge in [0.1, 0.15) is 5.69 Å². The van der Waals surface area contributed by atoms with Crippen LogP contribution in [0.4, 0.5) is 0 Å². The molecule has 2 aromatic rings. The summed E-state index contributed by atoms with van der Waals surface area (Å²) in [6.45, 7) is 0. The van der Waals surface area contributed by atoms with Gasteiger partial charge < -0.3 is 9.67 Å². The van der Waals surface area contributed by atoms with Gasteiger partial charge in [0.15, 0.2) is 5.43 Å². The molecule has 1 saturated carbocycles. The molecule has 3 rings (SSSR count). The van der Waals surface area contributed by atoms with Crippen molar-refractivity contribution in [1.82, 2.24) is 4.57 Å². The van der Waals surface area contributed by atoms with Crippen molar-refractivity contribution in [1.29, 1.82) is 0 Å². The van der Waals surface area contributed by atoms with Gasteiger partial charge in [-0.25, -0.2) is 4.79 Å². The molecule has 92 valence electrons. The Labute approximate surface area is 111 Å². The first kappa shape index (κ1) is 11.5. The van der Waals surface area contributed by atoms with Gasteiger partial charge in [0.2, 0.25) is 0 Å². The number of halogens is 1. The maximum atomic E-state index is 12.0. The number of nitrogens with zero attached hydrogens (tertiary/aromatic N) is 1. The molecule has 4 nitrogen and oxygen atoms in total. The molecule has 1 N–H and O–H groups in total. The number of hydrogen-bond acceptors (Lipinski definition) is 2. The number of carboxylic acid groups (broad SMARTS) is 1. The average Bonchev–Trinajstić information content (AvgIpc) is 3.13. The van der Waals surface area contributed by atoms with Gasteiger partial charge >= 0.3 is 5.97 Å². The van der Waals surface area contributed by atoms with E-state index in [0.717, 1.165) is 17.3 Å². The molecule has 1 aliphatic carbocycles. The van der Waals surface area contributed by atoms with E-state index < -0.39 is 5.97 Å². The molecule has 0 saturated heterocycles. The van der Waals surface area contributed by atoms with Gasteiger partial charge in [0, 0.05) is 22.0 Å². The Bertz CT molecular complexity index is 716. The van der Waals surface area contributed by atoms with Crippen LogP contribution in [0.15, 0.2) is 33.5 Å². The number of hydrogen-bond donors (Lipinski definition) is 1.